The third-order valence-electron chi connectivity index (χ3n) is 5.94. The van der Waals surface area contributed by atoms with E-state index in [1.807, 2.05) is 12.1 Å². The first-order valence-corrected chi connectivity index (χ1v) is 8.43. The van der Waals surface area contributed by atoms with Gasteiger partial charge < -0.3 is 15.5 Å². The van der Waals surface area contributed by atoms with Gasteiger partial charge in [-0.15, -0.1) is 0 Å². The normalized spacial score (nSPS) is 35.1. The maximum atomic E-state index is 11.4. The van der Waals surface area contributed by atoms with Crippen LogP contribution in [-0.2, 0) is 12.0 Å². The van der Waals surface area contributed by atoms with Gasteiger partial charge in [0.25, 0.3) is 0 Å². The lowest BCUT2D eigenvalue weighted by molar-refractivity contribution is -0.0990. The summed E-state index contributed by atoms with van der Waals surface area (Å²) in [6.45, 7) is 0.997. The van der Waals surface area contributed by atoms with E-state index in [-0.39, 0.29) is 5.54 Å². The molecule has 3 nitrogen and oxygen atoms in total. The lowest BCUT2D eigenvalue weighted by Crippen LogP contribution is -2.64. The van der Waals surface area contributed by atoms with E-state index in [1.165, 1.54) is 18.4 Å². The second-order valence-corrected chi connectivity index (χ2v) is 7.31. The summed E-state index contributed by atoms with van der Waals surface area (Å²) in [6, 6.07) is 5.71. The molecule has 0 heterocycles. The molecular formula is C18H25NO2. The van der Waals surface area contributed by atoms with Crippen molar-refractivity contribution in [2.45, 2.75) is 62.5 Å². The molecule has 21 heavy (non-hydrogen) atoms. The van der Waals surface area contributed by atoms with Crippen molar-refractivity contribution in [3.8, 4) is 5.75 Å². The zero-order valence-electron chi connectivity index (χ0n) is 12.6. The van der Waals surface area contributed by atoms with Crippen LogP contribution in [-0.4, -0.2) is 22.4 Å². The summed E-state index contributed by atoms with van der Waals surface area (Å²) >= 11 is 0. The topological polar surface area (TPSA) is 52.5 Å². The molecule has 2 atom stereocenters. The molecule has 1 aromatic carbocycles. The standard InChI is InChI=1S/C18H25NO2/c20-15-6-5-14-7-10-17(21)8-1-2-9-18(17,16(14)11-15)19-12-13-3-4-13/h5-6,11,13,19-21H,1-4,7-10,12H2/t17-,18+/m0/s1. The summed E-state index contributed by atoms with van der Waals surface area (Å²) in [5.41, 5.74) is 1.44. The smallest absolute Gasteiger partial charge is 0.115 e. The van der Waals surface area contributed by atoms with Gasteiger partial charge in [0.2, 0.25) is 0 Å². The molecule has 0 radical (unpaired) electrons. The van der Waals surface area contributed by atoms with Gasteiger partial charge >= 0.3 is 0 Å². The lowest BCUT2D eigenvalue weighted by atomic mass is 9.59. The van der Waals surface area contributed by atoms with E-state index < -0.39 is 5.60 Å². The predicted molar refractivity (Wildman–Crippen MR) is 82.3 cm³/mol. The summed E-state index contributed by atoms with van der Waals surface area (Å²) in [5.74, 6) is 1.10. The molecule has 2 saturated carbocycles. The Morgan fingerprint density at radius 2 is 1.95 bits per heavy atom. The fourth-order valence-electron chi connectivity index (χ4n) is 4.49. The van der Waals surface area contributed by atoms with Gasteiger partial charge in [-0.25, -0.2) is 0 Å². The lowest BCUT2D eigenvalue weighted by Gasteiger charge is -2.55. The zero-order chi connectivity index (χ0) is 14.5. The van der Waals surface area contributed by atoms with Crippen LogP contribution in [0, 0.1) is 5.92 Å². The van der Waals surface area contributed by atoms with E-state index in [4.69, 9.17) is 0 Å². The second kappa shape index (κ2) is 4.72. The van der Waals surface area contributed by atoms with Gasteiger partial charge in [0.1, 0.15) is 5.75 Å². The van der Waals surface area contributed by atoms with Crippen molar-refractivity contribution < 1.29 is 10.2 Å². The Morgan fingerprint density at radius 1 is 1.14 bits per heavy atom. The fourth-order valence-corrected chi connectivity index (χ4v) is 4.49. The number of fused-ring (bicyclic) bond motifs is 3. The van der Waals surface area contributed by atoms with Crippen molar-refractivity contribution in [1.29, 1.82) is 0 Å². The predicted octanol–water partition coefficient (Wildman–Crippen LogP) is 2.84. The molecule has 0 spiro atoms. The number of aliphatic hydroxyl groups is 1. The molecule has 0 bridgehead atoms. The monoisotopic (exact) mass is 287 g/mol. The molecule has 114 valence electrons. The number of phenolic OH excluding ortho intramolecular Hbond substituents is 1. The first kappa shape index (κ1) is 13.6. The van der Waals surface area contributed by atoms with Crippen molar-refractivity contribution in [1.82, 2.24) is 5.32 Å². The maximum absolute atomic E-state index is 11.4. The minimum Gasteiger partial charge on any atom is -0.508 e. The van der Waals surface area contributed by atoms with Crippen molar-refractivity contribution in [2.24, 2.45) is 5.92 Å². The van der Waals surface area contributed by atoms with Crippen LogP contribution in [0.4, 0.5) is 0 Å². The van der Waals surface area contributed by atoms with Gasteiger partial charge in [-0.1, -0.05) is 18.9 Å². The van der Waals surface area contributed by atoms with Gasteiger partial charge in [-0.2, -0.15) is 0 Å². The molecule has 3 heteroatoms. The van der Waals surface area contributed by atoms with E-state index in [0.29, 0.717) is 5.75 Å². The molecule has 0 amide bonds. The maximum Gasteiger partial charge on any atom is 0.115 e. The fraction of sp³-hybridized carbons (Fsp3) is 0.667. The highest BCUT2D eigenvalue weighted by molar-refractivity contribution is 5.45. The third-order valence-corrected chi connectivity index (χ3v) is 5.94. The Kier molecular flexibility index (Phi) is 3.05. The van der Waals surface area contributed by atoms with Crippen LogP contribution in [0.3, 0.4) is 0 Å². The van der Waals surface area contributed by atoms with Gasteiger partial charge in [0.15, 0.2) is 0 Å². The number of hydrogen-bond donors (Lipinski definition) is 3. The summed E-state index contributed by atoms with van der Waals surface area (Å²) in [4.78, 5) is 0. The van der Waals surface area contributed by atoms with Crippen LogP contribution in [0.15, 0.2) is 18.2 Å². The SMILES string of the molecule is Oc1ccc2c(c1)[C@]1(NCC3CC3)CCCC[C@]1(O)CC2. The van der Waals surface area contributed by atoms with E-state index >= 15 is 0 Å². The number of aromatic hydroxyl groups is 1. The van der Waals surface area contributed by atoms with Crippen molar-refractivity contribution in [3.63, 3.8) is 0 Å². The van der Waals surface area contributed by atoms with E-state index in [2.05, 4.69) is 5.32 Å². The average Bonchev–Trinajstić information content (AvgIpc) is 3.29. The summed E-state index contributed by atoms with van der Waals surface area (Å²) in [7, 11) is 0. The van der Waals surface area contributed by atoms with Crippen LogP contribution in [0.2, 0.25) is 0 Å². The van der Waals surface area contributed by atoms with Crippen LogP contribution in [0.5, 0.6) is 5.75 Å². The number of phenols is 1. The molecule has 0 aliphatic heterocycles. The van der Waals surface area contributed by atoms with Crippen molar-refractivity contribution >= 4 is 0 Å². The minimum atomic E-state index is -0.652. The molecule has 1 aromatic rings. The highest BCUT2D eigenvalue weighted by Gasteiger charge is 2.55. The van der Waals surface area contributed by atoms with E-state index in [1.54, 1.807) is 6.07 Å². The van der Waals surface area contributed by atoms with E-state index in [9.17, 15) is 10.2 Å². The highest BCUT2D eigenvalue weighted by atomic mass is 16.3. The van der Waals surface area contributed by atoms with Gasteiger partial charge in [-0.3, -0.25) is 0 Å². The Morgan fingerprint density at radius 3 is 2.76 bits per heavy atom. The van der Waals surface area contributed by atoms with Crippen LogP contribution in [0.1, 0.15) is 56.1 Å². The largest absolute Gasteiger partial charge is 0.508 e. The van der Waals surface area contributed by atoms with Crippen LogP contribution in [0.25, 0.3) is 0 Å². The van der Waals surface area contributed by atoms with Gasteiger partial charge in [0, 0.05) is 0 Å². The Balaban J connectivity index is 1.79. The van der Waals surface area contributed by atoms with Crippen molar-refractivity contribution in [2.75, 3.05) is 6.54 Å². The molecule has 0 unspecified atom stereocenters. The minimum absolute atomic E-state index is 0.316. The number of hydrogen-bond acceptors (Lipinski definition) is 3. The molecule has 3 aliphatic rings. The Hall–Kier alpha value is -1.06. The first-order valence-electron chi connectivity index (χ1n) is 8.43. The Labute approximate surface area is 126 Å². The zero-order valence-corrected chi connectivity index (χ0v) is 12.6. The van der Waals surface area contributed by atoms with E-state index in [0.717, 1.165) is 56.6 Å². The Bertz CT molecular complexity index is 554. The van der Waals surface area contributed by atoms with Gasteiger partial charge in [0.05, 0.1) is 11.1 Å². The van der Waals surface area contributed by atoms with Crippen molar-refractivity contribution in [3.05, 3.63) is 29.3 Å². The second-order valence-electron chi connectivity index (χ2n) is 7.31. The number of aryl methyl sites for hydroxylation is 1. The molecule has 3 N–H and O–H groups in total. The third kappa shape index (κ3) is 2.09. The summed E-state index contributed by atoms with van der Waals surface area (Å²) < 4.78 is 0. The molecule has 3 aliphatic carbocycles. The quantitative estimate of drug-likeness (QED) is 0.801. The highest BCUT2D eigenvalue weighted by Crippen LogP contribution is 2.52. The summed E-state index contributed by atoms with van der Waals surface area (Å²) in [5, 5.41) is 25.1. The number of nitrogens with one attached hydrogen (secondary N) is 1. The molecule has 0 aromatic heterocycles. The molecule has 0 saturated heterocycles. The molecular weight excluding hydrogens is 262 g/mol. The van der Waals surface area contributed by atoms with Gasteiger partial charge in [-0.05, 0) is 74.2 Å². The summed E-state index contributed by atoms with van der Waals surface area (Å²) in [6.07, 6.45) is 8.49. The molecule has 2 fully saturated rings. The first-order chi connectivity index (χ1) is 10.1. The number of rotatable bonds is 3. The van der Waals surface area contributed by atoms with Crippen LogP contribution >= 0.6 is 0 Å². The van der Waals surface area contributed by atoms with Crippen LogP contribution < -0.4 is 5.32 Å². The number of benzene rings is 1. The molecule has 4 rings (SSSR count). The average molecular weight is 287 g/mol.